The third-order valence-electron chi connectivity index (χ3n) is 6.57. The average Bonchev–Trinajstić information content (AvgIpc) is 2.87. The fraction of sp³-hybridized carbons (Fsp3) is 0.562. The lowest BCUT2D eigenvalue weighted by Gasteiger charge is -2.37. The van der Waals surface area contributed by atoms with Crippen LogP contribution in [-0.2, 0) is 13.6 Å². The third-order valence-corrected chi connectivity index (χ3v) is 14.4. The van der Waals surface area contributed by atoms with Crippen LogP contribution in [0, 0.1) is 11.8 Å². The Bertz CT molecular complexity index is 954. The summed E-state index contributed by atoms with van der Waals surface area (Å²) in [6.07, 6.45) is 1.61. The lowest BCUT2D eigenvalue weighted by atomic mass is 10.1. The molecule has 232 valence electrons. The molecule has 0 heterocycles. The standard InChI is InChI=1S/C30H46O7Si2.2CH4/c1-23(17-19-35-29(31)25-9-13-27(33-3)14-10-25)21-38(5,6)37-39(7,8)22-24(2)18-20-36-30(32)26-11-15-28(34-4)16-12-26;;/h9-16,23-24H,17-22H2,1-8H3;2*1H4. The van der Waals surface area contributed by atoms with Gasteiger partial charge >= 0.3 is 11.9 Å². The van der Waals surface area contributed by atoms with E-state index in [1.54, 1.807) is 62.8 Å². The zero-order chi connectivity index (χ0) is 29.1. The van der Waals surface area contributed by atoms with Gasteiger partial charge in [-0.2, -0.15) is 0 Å². The molecule has 0 spiro atoms. The van der Waals surface area contributed by atoms with Gasteiger partial charge in [-0.05, 0) is 111 Å². The van der Waals surface area contributed by atoms with Gasteiger partial charge in [0, 0.05) is 0 Å². The van der Waals surface area contributed by atoms with Crippen molar-refractivity contribution in [1.82, 2.24) is 0 Å². The van der Waals surface area contributed by atoms with E-state index >= 15 is 0 Å². The van der Waals surface area contributed by atoms with Crippen LogP contribution in [0.2, 0.25) is 38.3 Å². The first-order valence-corrected chi connectivity index (χ1v) is 19.9. The predicted molar refractivity (Wildman–Crippen MR) is 173 cm³/mol. The number of benzene rings is 2. The molecule has 9 heteroatoms. The molecule has 0 amide bonds. The van der Waals surface area contributed by atoms with Crippen LogP contribution in [-0.4, -0.2) is 56.0 Å². The number of methoxy groups -OCH3 is 2. The highest BCUT2D eigenvalue weighted by molar-refractivity contribution is 6.84. The quantitative estimate of drug-likeness (QED) is 0.140. The molecule has 2 aromatic carbocycles. The Hall–Kier alpha value is -2.63. The Kier molecular flexibility index (Phi) is 16.9. The molecule has 7 nitrogen and oxygen atoms in total. The molecule has 0 N–H and O–H groups in total. The van der Waals surface area contributed by atoms with E-state index in [1.165, 1.54) is 0 Å². The Morgan fingerprint density at radius 2 is 0.951 bits per heavy atom. The highest BCUT2D eigenvalue weighted by Gasteiger charge is 2.35. The summed E-state index contributed by atoms with van der Waals surface area (Å²) in [6, 6.07) is 15.9. The maximum Gasteiger partial charge on any atom is 0.338 e. The van der Waals surface area contributed by atoms with Crippen LogP contribution >= 0.6 is 0 Å². The minimum Gasteiger partial charge on any atom is -0.497 e. The van der Waals surface area contributed by atoms with Crippen LogP contribution in [0.1, 0.15) is 62.3 Å². The van der Waals surface area contributed by atoms with Crippen molar-refractivity contribution in [2.75, 3.05) is 27.4 Å². The maximum atomic E-state index is 12.3. The van der Waals surface area contributed by atoms with E-state index < -0.39 is 16.6 Å². The molecular formula is C32H54O7Si2. The highest BCUT2D eigenvalue weighted by Crippen LogP contribution is 2.29. The van der Waals surface area contributed by atoms with Gasteiger partial charge in [0.05, 0.1) is 38.6 Å². The molecule has 2 unspecified atom stereocenters. The second-order valence-corrected chi connectivity index (χ2v) is 20.2. The zero-order valence-corrected chi connectivity index (χ0v) is 26.9. The van der Waals surface area contributed by atoms with Crippen LogP contribution in [0.3, 0.4) is 0 Å². The van der Waals surface area contributed by atoms with Crippen molar-refractivity contribution < 1.29 is 32.7 Å². The number of ether oxygens (including phenoxy) is 4. The number of hydrogen-bond acceptors (Lipinski definition) is 7. The van der Waals surface area contributed by atoms with Gasteiger partial charge in [-0.3, -0.25) is 0 Å². The molecule has 0 aliphatic heterocycles. The van der Waals surface area contributed by atoms with E-state index in [0.29, 0.717) is 47.7 Å². The number of esters is 2. The number of carbonyl (C=O) groups is 2. The third kappa shape index (κ3) is 14.2. The summed E-state index contributed by atoms with van der Waals surface area (Å²) in [7, 11) is -0.629. The highest BCUT2D eigenvalue weighted by atomic mass is 28.4. The van der Waals surface area contributed by atoms with Crippen molar-refractivity contribution in [2.24, 2.45) is 11.8 Å². The van der Waals surface area contributed by atoms with E-state index in [1.807, 2.05) is 0 Å². The molecule has 41 heavy (non-hydrogen) atoms. The lowest BCUT2D eigenvalue weighted by molar-refractivity contribution is 0.0478. The zero-order valence-electron chi connectivity index (χ0n) is 24.9. The van der Waals surface area contributed by atoms with Gasteiger partial charge in [-0.15, -0.1) is 0 Å². The summed E-state index contributed by atoms with van der Waals surface area (Å²) in [6.45, 7) is 14.3. The minimum absolute atomic E-state index is 0. The van der Waals surface area contributed by atoms with Crippen molar-refractivity contribution in [2.45, 2.75) is 79.8 Å². The van der Waals surface area contributed by atoms with Crippen molar-refractivity contribution >= 4 is 28.6 Å². The summed E-state index contributed by atoms with van der Waals surface area (Å²) in [5, 5.41) is 0. The van der Waals surface area contributed by atoms with Crippen molar-refractivity contribution in [1.29, 1.82) is 0 Å². The van der Waals surface area contributed by atoms with E-state index in [4.69, 9.17) is 23.1 Å². The van der Waals surface area contributed by atoms with Crippen molar-refractivity contribution in [3.05, 3.63) is 59.7 Å². The van der Waals surface area contributed by atoms with Crippen LogP contribution in [0.15, 0.2) is 48.5 Å². The van der Waals surface area contributed by atoms with Gasteiger partial charge in [-0.1, -0.05) is 28.7 Å². The molecule has 2 atom stereocenters. The number of carbonyl (C=O) groups excluding carboxylic acids is 2. The molecule has 0 aromatic heterocycles. The fourth-order valence-corrected chi connectivity index (χ4v) is 15.5. The van der Waals surface area contributed by atoms with E-state index in [0.717, 1.165) is 24.9 Å². The molecule has 0 radical (unpaired) electrons. The van der Waals surface area contributed by atoms with Crippen LogP contribution < -0.4 is 9.47 Å². The minimum atomic E-state index is -1.91. The van der Waals surface area contributed by atoms with Crippen LogP contribution in [0.4, 0.5) is 0 Å². The second kappa shape index (κ2) is 18.0. The largest absolute Gasteiger partial charge is 0.497 e. The fourth-order valence-electron chi connectivity index (χ4n) is 5.04. The van der Waals surface area contributed by atoms with Gasteiger partial charge in [0.15, 0.2) is 16.6 Å². The van der Waals surface area contributed by atoms with E-state index in [-0.39, 0.29) is 26.8 Å². The lowest BCUT2D eigenvalue weighted by Crippen LogP contribution is -2.46. The van der Waals surface area contributed by atoms with Gasteiger partial charge in [0.1, 0.15) is 11.5 Å². The van der Waals surface area contributed by atoms with Crippen molar-refractivity contribution in [3.8, 4) is 11.5 Å². The van der Waals surface area contributed by atoms with Gasteiger partial charge in [0.25, 0.3) is 0 Å². The first-order valence-electron chi connectivity index (χ1n) is 13.7. The van der Waals surface area contributed by atoms with Gasteiger partial charge in [-0.25, -0.2) is 9.59 Å². The molecule has 0 saturated heterocycles. The first kappa shape index (κ1) is 38.4. The monoisotopic (exact) mass is 606 g/mol. The normalized spacial score (nSPS) is 12.7. The summed E-state index contributed by atoms with van der Waals surface area (Å²) < 4.78 is 28.1. The molecule has 2 aromatic rings. The van der Waals surface area contributed by atoms with Gasteiger partial charge < -0.3 is 23.1 Å². The second-order valence-electron chi connectivity index (χ2n) is 11.5. The Labute approximate surface area is 251 Å². The SMILES string of the molecule is C.C.COc1ccc(C(=O)OCCC(C)C[Si](C)(C)O[Si](C)(C)CC(C)CCOC(=O)c2ccc(OC)cc2)cc1. The van der Waals surface area contributed by atoms with Gasteiger partial charge in [0.2, 0.25) is 0 Å². The number of rotatable bonds is 16. The molecule has 0 saturated carbocycles. The van der Waals surface area contributed by atoms with Crippen molar-refractivity contribution in [3.63, 3.8) is 0 Å². The molecule has 0 fully saturated rings. The predicted octanol–water partition coefficient (Wildman–Crippen LogP) is 8.47. The van der Waals surface area contributed by atoms with Crippen LogP contribution in [0.25, 0.3) is 0 Å². The average molecular weight is 607 g/mol. The van der Waals surface area contributed by atoms with E-state index in [2.05, 4.69) is 40.0 Å². The summed E-state index contributed by atoms with van der Waals surface area (Å²) in [5.74, 6) is 1.59. The molecule has 0 aliphatic carbocycles. The first-order chi connectivity index (χ1) is 18.3. The number of hydrogen-bond donors (Lipinski definition) is 0. The molecule has 0 aliphatic rings. The topological polar surface area (TPSA) is 80.3 Å². The molecule has 0 bridgehead atoms. The smallest absolute Gasteiger partial charge is 0.338 e. The maximum absolute atomic E-state index is 12.3. The summed E-state index contributed by atoms with van der Waals surface area (Å²) in [4.78, 5) is 24.6. The summed E-state index contributed by atoms with van der Waals surface area (Å²) in [5.41, 5.74) is 1.05. The molecule has 2 rings (SSSR count). The Morgan fingerprint density at radius 1 is 0.634 bits per heavy atom. The van der Waals surface area contributed by atoms with Crippen LogP contribution in [0.5, 0.6) is 11.5 Å². The Morgan fingerprint density at radius 3 is 1.24 bits per heavy atom. The molecular weight excluding hydrogens is 553 g/mol. The summed E-state index contributed by atoms with van der Waals surface area (Å²) >= 11 is 0. The Balaban J connectivity index is 0.00000800. The van der Waals surface area contributed by atoms with E-state index in [9.17, 15) is 9.59 Å².